The third-order valence-corrected chi connectivity index (χ3v) is 3.64. The number of rotatable bonds is 10. The molecule has 0 amide bonds. The molecule has 0 saturated carbocycles. The highest BCUT2D eigenvalue weighted by Crippen LogP contribution is 2.10. The minimum absolute atomic E-state index is 0. The zero-order valence-electron chi connectivity index (χ0n) is 17.1. The van der Waals surface area contributed by atoms with Crippen molar-refractivity contribution in [2.45, 2.75) is 64.9 Å². The molecular formula is C20H35IN4O2. The van der Waals surface area contributed by atoms with E-state index in [4.69, 9.17) is 4.74 Å². The van der Waals surface area contributed by atoms with Gasteiger partial charge >= 0.3 is 5.97 Å². The number of guanidine groups is 1. The van der Waals surface area contributed by atoms with Crippen molar-refractivity contribution in [2.24, 2.45) is 4.99 Å². The molecule has 0 saturated heterocycles. The van der Waals surface area contributed by atoms with Crippen LogP contribution in [-0.2, 0) is 16.0 Å². The molecule has 0 aliphatic carbocycles. The molecule has 2 N–H and O–H groups in total. The number of unbranched alkanes of at least 4 members (excludes halogenated alkanes) is 3. The molecule has 0 aliphatic heterocycles. The average molecular weight is 490 g/mol. The zero-order valence-corrected chi connectivity index (χ0v) is 19.4. The van der Waals surface area contributed by atoms with Gasteiger partial charge in [-0.1, -0.05) is 18.9 Å². The van der Waals surface area contributed by atoms with Gasteiger partial charge in [0.25, 0.3) is 0 Å². The summed E-state index contributed by atoms with van der Waals surface area (Å²) < 4.78 is 5.30. The Morgan fingerprint density at radius 2 is 1.81 bits per heavy atom. The van der Waals surface area contributed by atoms with Gasteiger partial charge in [-0.05, 0) is 45.7 Å². The Hall–Kier alpha value is -1.38. The van der Waals surface area contributed by atoms with Crippen LogP contribution in [0.25, 0.3) is 0 Å². The Balaban J connectivity index is 0.00000676. The molecule has 154 valence electrons. The summed E-state index contributed by atoms with van der Waals surface area (Å²) in [7, 11) is 1.77. The first-order valence-corrected chi connectivity index (χ1v) is 9.47. The van der Waals surface area contributed by atoms with Crippen LogP contribution in [-0.4, -0.2) is 42.7 Å². The average Bonchev–Trinajstić information content (AvgIpc) is 2.58. The first-order valence-electron chi connectivity index (χ1n) is 9.47. The second-order valence-electron chi connectivity index (χ2n) is 7.25. The number of hydrogen-bond acceptors (Lipinski definition) is 4. The highest BCUT2D eigenvalue weighted by atomic mass is 127. The van der Waals surface area contributed by atoms with Crippen LogP contribution in [0.1, 0.15) is 58.6 Å². The summed E-state index contributed by atoms with van der Waals surface area (Å²) in [5, 5.41) is 6.61. The standard InChI is InChI=1S/C20H34N4O2.HI/c1-20(2,3)26-18(25)12-7-5-6-9-15-23-19(21-4)24-16-13-17-11-8-10-14-22-17;/h8,10-11,14H,5-7,9,12-13,15-16H2,1-4H3,(H2,21,23,24);1H. The molecule has 1 aromatic rings. The maximum atomic E-state index is 11.6. The van der Waals surface area contributed by atoms with Gasteiger partial charge in [0.15, 0.2) is 5.96 Å². The third-order valence-electron chi connectivity index (χ3n) is 3.64. The fourth-order valence-corrected chi connectivity index (χ4v) is 2.42. The highest BCUT2D eigenvalue weighted by Gasteiger charge is 2.15. The molecule has 0 spiro atoms. The second kappa shape index (κ2) is 14.6. The quantitative estimate of drug-likeness (QED) is 0.172. The van der Waals surface area contributed by atoms with Crippen molar-refractivity contribution >= 4 is 35.9 Å². The van der Waals surface area contributed by atoms with Crippen LogP contribution in [0, 0.1) is 0 Å². The van der Waals surface area contributed by atoms with E-state index in [2.05, 4.69) is 20.6 Å². The van der Waals surface area contributed by atoms with Crippen LogP contribution in [0.3, 0.4) is 0 Å². The van der Waals surface area contributed by atoms with Crippen molar-refractivity contribution in [1.82, 2.24) is 15.6 Å². The van der Waals surface area contributed by atoms with Crippen LogP contribution < -0.4 is 10.6 Å². The topological polar surface area (TPSA) is 75.6 Å². The number of carbonyl (C=O) groups excluding carboxylic acids is 1. The number of nitrogens with one attached hydrogen (secondary N) is 2. The lowest BCUT2D eigenvalue weighted by molar-refractivity contribution is -0.154. The van der Waals surface area contributed by atoms with E-state index in [1.54, 1.807) is 7.05 Å². The Bertz CT molecular complexity index is 545. The summed E-state index contributed by atoms with van der Waals surface area (Å²) in [6, 6.07) is 5.94. The lowest BCUT2D eigenvalue weighted by atomic mass is 10.1. The van der Waals surface area contributed by atoms with Gasteiger partial charge in [-0.3, -0.25) is 14.8 Å². The van der Waals surface area contributed by atoms with Crippen molar-refractivity contribution in [1.29, 1.82) is 0 Å². The monoisotopic (exact) mass is 490 g/mol. The van der Waals surface area contributed by atoms with Crippen LogP contribution in [0.4, 0.5) is 0 Å². The first-order chi connectivity index (χ1) is 12.4. The van der Waals surface area contributed by atoms with E-state index in [1.807, 2.05) is 45.2 Å². The number of aromatic nitrogens is 1. The molecule has 1 rings (SSSR count). The van der Waals surface area contributed by atoms with Gasteiger partial charge in [0, 0.05) is 44.9 Å². The molecule has 27 heavy (non-hydrogen) atoms. The summed E-state index contributed by atoms with van der Waals surface area (Å²) >= 11 is 0. The van der Waals surface area contributed by atoms with Crippen molar-refractivity contribution in [3.8, 4) is 0 Å². The van der Waals surface area contributed by atoms with Crippen LogP contribution in [0.2, 0.25) is 0 Å². The van der Waals surface area contributed by atoms with E-state index >= 15 is 0 Å². The van der Waals surface area contributed by atoms with E-state index in [-0.39, 0.29) is 35.5 Å². The molecule has 1 heterocycles. The van der Waals surface area contributed by atoms with Crippen molar-refractivity contribution in [3.05, 3.63) is 30.1 Å². The van der Waals surface area contributed by atoms with Crippen LogP contribution in [0.15, 0.2) is 29.4 Å². The highest BCUT2D eigenvalue weighted by molar-refractivity contribution is 14.0. The third kappa shape index (κ3) is 14.4. The molecule has 0 fully saturated rings. The van der Waals surface area contributed by atoms with E-state index in [0.29, 0.717) is 6.42 Å². The summed E-state index contributed by atoms with van der Waals surface area (Å²) in [4.78, 5) is 20.1. The molecule has 0 radical (unpaired) electrons. The molecular weight excluding hydrogens is 455 g/mol. The Kier molecular flexibility index (Phi) is 13.9. The number of carbonyl (C=O) groups is 1. The summed E-state index contributed by atoms with van der Waals surface area (Å²) in [5.41, 5.74) is 0.681. The summed E-state index contributed by atoms with van der Waals surface area (Å²) in [5.74, 6) is 0.711. The Morgan fingerprint density at radius 3 is 2.44 bits per heavy atom. The summed E-state index contributed by atoms with van der Waals surface area (Å²) in [6.07, 6.45) is 7.23. The second-order valence-corrected chi connectivity index (χ2v) is 7.25. The summed E-state index contributed by atoms with van der Waals surface area (Å²) in [6.45, 7) is 7.36. The van der Waals surface area contributed by atoms with E-state index in [0.717, 1.165) is 56.8 Å². The number of pyridine rings is 1. The number of nitrogens with zero attached hydrogens (tertiary/aromatic N) is 2. The van der Waals surface area contributed by atoms with Gasteiger partial charge in [-0.2, -0.15) is 0 Å². The van der Waals surface area contributed by atoms with Gasteiger partial charge < -0.3 is 15.4 Å². The smallest absolute Gasteiger partial charge is 0.306 e. The molecule has 0 aromatic carbocycles. The Morgan fingerprint density at radius 1 is 1.11 bits per heavy atom. The van der Waals surface area contributed by atoms with E-state index < -0.39 is 0 Å². The number of ether oxygens (including phenoxy) is 1. The lowest BCUT2D eigenvalue weighted by Gasteiger charge is -2.19. The van der Waals surface area contributed by atoms with Gasteiger partial charge in [0.2, 0.25) is 0 Å². The van der Waals surface area contributed by atoms with E-state index in [9.17, 15) is 4.79 Å². The van der Waals surface area contributed by atoms with Gasteiger partial charge in [-0.25, -0.2) is 0 Å². The van der Waals surface area contributed by atoms with Crippen molar-refractivity contribution in [3.63, 3.8) is 0 Å². The van der Waals surface area contributed by atoms with Crippen molar-refractivity contribution in [2.75, 3.05) is 20.1 Å². The SMILES string of the molecule is CN=C(NCCCCCCC(=O)OC(C)(C)C)NCCc1ccccn1.I. The molecule has 0 atom stereocenters. The maximum absolute atomic E-state index is 11.6. The molecule has 0 aliphatic rings. The Labute approximate surface area is 181 Å². The zero-order chi connectivity index (χ0) is 19.3. The molecule has 6 nitrogen and oxygen atoms in total. The van der Waals surface area contributed by atoms with Gasteiger partial charge in [0.1, 0.15) is 5.60 Å². The lowest BCUT2D eigenvalue weighted by Crippen LogP contribution is -2.38. The molecule has 0 bridgehead atoms. The van der Waals surface area contributed by atoms with Gasteiger partial charge in [0.05, 0.1) is 0 Å². The van der Waals surface area contributed by atoms with E-state index in [1.165, 1.54) is 0 Å². The largest absolute Gasteiger partial charge is 0.460 e. The van der Waals surface area contributed by atoms with Crippen molar-refractivity contribution < 1.29 is 9.53 Å². The fraction of sp³-hybridized carbons (Fsp3) is 0.650. The van der Waals surface area contributed by atoms with Gasteiger partial charge in [-0.15, -0.1) is 24.0 Å². The first kappa shape index (κ1) is 25.6. The fourth-order valence-electron chi connectivity index (χ4n) is 2.42. The number of halogens is 1. The minimum atomic E-state index is -0.388. The number of aliphatic imine (C=N–C) groups is 1. The number of esters is 1. The number of hydrogen-bond donors (Lipinski definition) is 2. The normalized spacial score (nSPS) is 11.5. The molecule has 7 heteroatoms. The maximum Gasteiger partial charge on any atom is 0.306 e. The van der Waals surface area contributed by atoms with Crippen LogP contribution in [0.5, 0.6) is 0 Å². The minimum Gasteiger partial charge on any atom is -0.460 e. The predicted octanol–water partition coefficient (Wildman–Crippen LogP) is 3.70. The molecule has 0 unspecified atom stereocenters. The molecule has 1 aromatic heterocycles. The predicted molar refractivity (Wildman–Crippen MR) is 122 cm³/mol. The van der Waals surface area contributed by atoms with Crippen LogP contribution >= 0.6 is 24.0 Å².